The zero-order chi connectivity index (χ0) is 20.1. The van der Waals surface area contributed by atoms with Crippen LogP contribution in [0.4, 0.5) is 0 Å². The second-order valence-corrected chi connectivity index (χ2v) is 9.77. The topological polar surface area (TPSA) is 51.2 Å². The van der Waals surface area contributed by atoms with Gasteiger partial charge in [0.15, 0.2) is 11.5 Å². The maximum Gasteiger partial charge on any atom is 0.167 e. The lowest BCUT2D eigenvalue weighted by molar-refractivity contribution is -0.164. The summed E-state index contributed by atoms with van der Waals surface area (Å²) in [6.45, 7) is 6.60. The van der Waals surface area contributed by atoms with Gasteiger partial charge in [0.25, 0.3) is 0 Å². The molecule has 0 unspecified atom stereocenters. The number of aliphatic hydroxyl groups is 1. The van der Waals surface area contributed by atoms with Crippen LogP contribution in [-0.4, -0.2) is 57.1 Å². The second kappa shape index (κ2) is 7.19. The molecule has 5 nitrogen and oxygen atoms in total. The normalized spacial score (nSPS) is 35.8. The highest BCUT2D eigenvalue weighted by molar-refractivity contribution is 5.48. The minimum Gasteiger partial charge on any atom is -0.493 e. The Labute approximate surface area is 169 Å². The minimum absolute atomic E-state index is 0.00217. The molecule has 1 N–H and O–H groups in total. The fourth-order valence-electron chi connectivity index (χ4n) is 6.13. The van der Waals surface area contributed by atoms with E-state index in [4.69, 9.17) is 14.2 Å². The smallest absolute Gasteiger partial charge is 0.167 e. The Balaban J connectivity index is 1.66. The Hall–Kier alpha value is -1.30. The summed E-state index contributed by atoms with van der Waals surface area (Å²) in [5, 5.41) is 11.3. The predicted octanol–water partition coefficient (Wildman–Crippen LogP) is 3.51. The SMILES string of the molecule is COc1cccc([C@H]2OCC[C@@]34C[C@@H](C[C@H]23)C(C)(C)[C@H]4O)c1OCCN(C)C. The molecule has 2 aliphatic carbocycles. The summed E-state index contributed by atoms with van der Waals surface area (Å²) >= 11 is 0. The number of fused-ring (bicyclic) bond motifs is 1. The third-order valence-corrected chi connectivity index (χ3v) is 7.76. The summed E-state index contributed by atoms with van der Waals surface area (Å²) in [6.07, 6.45) is 2.87. The Kier molecular flexibility index (Phi) is 5.13. The first kappa shape index (κ1) is 20.0. The minimum atomic E-state index is -0.265. The van der Waals surface area contributed by atoms with Gasteiger partial charge in [0.1, 0.15) is 6.61 Å². The molecule has 5 heteroatoms. The summed E-state index contributed by atoms with van der Waals surface area (Å²) in [4.78, 5) is 2.11. The summed E-state index contributed by atoms with van der Waals surface area (Å²) in [6, 6.07) is 6.08. The standard InChI is InChI=1S/C23H35NO4/c1-22(2)15-13-17-19(27-11-9-23(17,14-15)21(22)25)16-7-6-8-18(26-5)20(16)28-12-10-24(3)4/h6-8,15,17,19,21,25H,9-14H2,1-5H3/t15-,17-,19-,21-,23-/m1/s1. The maximum atomic E-state index is 11.3. The van der Waals surface area contributed by atoms with Crippen LogP contribution in [0.25, 0.3) is 0 Å². The van der Waals surface area contributed by atoms with Gasteiger partial charge in [-0.1, -0.05) is 26.0 Å². The molecule has 5 atom stereocenters. The van der Waals surface area contributed by atoms with Gasteiger partial charge in [-0.2, -0.15) is 0 Å². The van der Waals surface area contributed by atoms with Crippen molar-refractivity contribution in [1.82, 2.24) is 4.90 Å². The van der Waals surface area contributed by atoms with Crippen molar-refractivity contribution in [2.24, 2.45) is 22.7 Å². The highest BCUT2D eigenvalue weighted by Crippen LogP contribution is 2.70. The molecule has 0 amide bonds. The van der Waals surface area contributed by atoms with Gasteiger partial charge in [0.05, 0.1) is 19.3 Å². The van der Waals surface area contributed by atoms with Crippen LogP contribution in [0.2, 0.25) is 0 Å². The van der Waals surface area contributed by atoms with Gasteiger partial charge < -0.3 is 24.2 Å². The van der Waals surface area contributed by atoms with Gasteiger partial charge in [-0.25, -0.2) is 0 Å². The first-order chi connectivity index (χ1) is 13.3. The van der Waals surface area contributed by atoms with E-state index in [2.05, 4.69) is 24.8 Å². The van der Waals surface area contributed by atoms with E-state index in [9.17, 15) is 5.11 Å². The summed E-state index contributed by atoms with van der Waals surface area (Å²) in [5.74, 6) is 2.44. The van der Waals surface area contributed by atoms with Crippen molar-refractivity contribution in [3.05, 3.63) is 23.8 Å². The molecule has 1 aliphatic heterocycles. The number of likely N-dealkylation sites (N-methyl/N-ethyl adjacent to an activating group) is 1. The molecule has 4 rings (SSSR count). The molecule has 2 bridgehead atoms. The van der Waals surface area contributed by atoms with Gasteiger partial charge in [0, 0.05) is 24.1 Å². The zero-order valence-corrected chi connectivity index (χ0v) is 17.9. The van der Waals surface area contributed by atoms with E-state index < -0.39 is 0 Å². The fourth-order valence-corrected chi connectivity index (χ4v) is 6.13. The van der Waals surface area contributed by atoms with E-state index in [1.165, 1.54) is 0 Å². The van der Waals surface area contributed by atoms with E-state index in [0.29, 0.717) is 25.0 Å². The highest BCUT2D eigenvalue weighted by atomic mass is 16.5. The molecule has 1 saturated heterocycles. The lowest BCUT2D eigenvalue weighted by atomic mass is 9.60. The first-order valence-corrected chi connectivity index (χ1v) is 10.6. The van der Waals surface area contributed by atoms with E-state index in [1.54, 1.807) is 7.11 Å². The van der Waals surface area contributed by atoms with Gasteiger partial charge in [-0.3, -0.25) is 0 Å². The Morgan fingerprint density at radius 2 is 2.07 bits per heavy atom. The number of nitrogens with zero attached hydrogens (tertiary/aromatic N) is 1. The molecule has 0 radical (unpaired) electrons. The van der Waals surface area contributed by atoms with Crippen molar-refractivity contribution in [2.75, 3.05) is 41.0 Å². The number of ether oxygens (including phenoxy) is 3. The van der Waals surface area contributed by atoms with Crippen LogP contribution in [0, 0.1) is 22.7 Å². The Morgan fingerprint density at radius 1 is 1.29 bits per heavy atom. The van der Waals surface area contributed by atoms with E-state index in [0.717, 1.165) is 42.9 Å². The summed E-state index contributed by atoms with van der Waals surface area (Å²) < 4.78 is 18.2. The number of aliphatic hydroxyl groups excluding tert-OH is 1. The predicted molar refractivity (Wildman–Crippen MR) is 109 cm³/mol. The average Bonchev–Trinajstić information content (AvgIpc) is 3.15. The molecule has 1 heterocycles. The lowest BCUT2D eigenvalue weighted by Crippen LogP contribution is -2.51. The van der Waals surface area contributed by atoms with Gasteiger partial charge in [-0.15, -0.1) is 0 Å². The van der Waals surface area contributed by atoms with Crippen LogP contribution >= 0.6 is 0 Å². The Bertz CT molecular complexity index is 719. The van der Waals surface area contributed by atoms with Crippen molar-refractivity contribution in [2.45, 2.75) is 45.3 Å². The van der Waals surface area contributed by atoms with Crippen molar-refractivity contribution >= 4 is 0 Å². The third-order valence-electron chi connectivity index (χ3n) is 7.76. The fraction of sp³-hybridized carbons (Fsp3) is 0.739. The number of para-hydroxylation sites is 1. The van der Waals surface area contributed by atoms with Crippen LogP contribution in [-0.2, 0) is 4.74 Å². The highest BCUT2D eigenvalue weighted by Gasteiger charge is 2.68. The van der Waals surface area contributed by atoms with Crippen molar-refractivity contribution in [1.29, 1.82) is 0 Å². The van der Waals surface area contributed by atoms with Crippen LogP contribution in [0.15, 0.2) is 18.2 Å². The maximum absolute atomic E-state index is 11.3. The number of hydrogen-bond donors (Lipinski definition) is 1. The summed E-state index contributed by atoms with van der Waals surface area (Å²) in [5.41, 5.74) is 1.04. The van der Waals surface area contributed by atoms with Crippen LogP contribution in [0.1, 0.15) is 44.8 Å². The van der Waals surface area contributed by atoms with Gasteiger partial charge >= 0.3 is 0 Å². The molecule has 2 saturated carbocycles. The lowest BCUT2D eigenvalue weighted by Gasteiger charge is -2.51. The monoisotopic (exact) mass is 389 g/mol. The molecule has 0 aromatic heterocycles. The van der Waals surface area contributed by atoms with E-state index in [1.807, 2.05) is 26.2 Å². The quantitative estimate of drug-likeness (QED) is 0.807. The van der Waals surface area contributed by atoms with Crippen LogP contribution in [0.5, 0.6) is 11.5 Å². The zero-order valence-electron chi connectivity index (χ0n) is 17.9. The molecular formula is C23H35NO4. The molecule has 156 valence electrons. The van der Waals surface area contributed by atoms with Crippen molar-refractivity contribution in [3.8, 4) is 11.5 Å². The second-order valence-electron chi connectivity index (χ2n) is 9.77. The number of rotatable bonds is 6. The van der Waals surface area contributed by atoms with Gasteiger partial charge in [0.2, 0.25) is 0 Å². The van der Waals surface area contributed by atoms with Gasteiger partial charge in [-0.05, 0) is 56.7 Å². The molecule has 1 aromatic rings. The number of benzene rings is 1. The molecule has 3 aliphatic rings. The number of hydrogen-bond acceptors (Lipinski definition) is 5. The van der Waals surface area contributed by atoms with Crippen LogP contribution < -0.4 is 9.47 Å². The van der Waals surface area contributed by atoms with Crippen molar-refractivity contribution < 1.29 is 19.3 Å². The largest absolute Gasteiger partial charge is 0.493 e. The molecule has 3 fully saturated rings. The number of methoxy groups -OCH3 is 1. The molecule has 28 heavy (non-hydrogen) atoms. The van der Waals surface area contributed by atoms with Crippen molar-refractivity contribution in [3.63, 3.8) is 0 Å². The third kappa shape index (κ3) is 2.94. The van der Waals surface area contributed by atoms with E-state index in [-0.39, 0.29) is 23.0 Å². The summed E-state index contributed by atoms with van der Waals surface area (Å²) in [7, 11) is 5.77. The van der Waals surface area contributed by atoms with E-state index >= 15 is 0 Å². The average molecular weight is 390 g/mol. The molecule has 1 aromatic carbocycles. The molecule has 1 spiro atoms. The molecular weight excluding hydrogens is 354 g/mol. The first-order valence-electron chi connectivity index (χ1n) is 10.6. The Morgan fingerprint density at radius 3 is 2.75 bits per heavy atom. The van der Waals surface area contributed by atoms with Crippen LogP contribution in [0.3, 0.4) is 0 Å².